The van der Waals surface area contributed by atoms with Crippen molar-refractivity contribution in [2.45, 2.75) is 19.8 Å². The van der Waals surface area contributed by atoms with E-state index in [1.54, 1.807) is 34.9 Å². The van der Waals surface area contributed by atoms with Crippen molar-refractivity contribution >= 4 is 23.0 Å². The molecule has 0 atom stereocenters. The zero-order chi connectivity index (χ0) is 19.4. The highest BCUT2D eigenvalue weighted by atomic mass is 16.2. The van der Waals surface area contributed by atoms with Crippen molar-refractivity contribution in [3.05, 3.63) is 78.4 Å². The molecule has 2 amide bonds. The van der Waals surface area contributed by atoms with Gasteiger partial charge in [0.05, 0.1) is 5.52 Å². The summed E-state index contributed by atoms with van der Waals surface area (Å²) >= 11 is 0. The Morgan fingerprint density at radius 3 is 2.63 bits per heavy atom. The predicted octanol–water partition coefficient (Wildman–Crippen LogP) is 3.63. The fraction of sp³-hybridized carbons (Fsp3) is 0.190. The first kappa shape index (κ1) is 18.4. The molecule has 0 aliphatic heterocycles. The number of nitrogens with zero attached hydrogens (tertiary/aromatic N) is 2. The summed E-state index contributed by atoms with van der Waals surface area (Å²) in [5.74, 6) is -0.289. The summed E-state index contributed by atoms with van der Waals surface area (Å²) in [6.45, 7) is 8.05. The summed E-state index contributed by atoms with van der Waals surface area (Å²) in [4.78, 5) is 29.6. The van der Waals surface area contributed by atoms with E-state index in [1.165, 1.54) is 0 Å². The molecule has 3 aromatic rings. The average Bonchev–Trinajstić information content (AvgIpc) is 3.06. The van der Waals surface area contributed by atoms with Crippen LogP contribution in [0.2, 0.25) is 0 Å². The number of para-hydroxylation sites is 1. The van der Waals surface area contributed by atoms with Gasteiger partial charge in [0.25, 0.3) is 11.8 Å². The van der Waals surface area contributed by atoms with Gasteiger partial charge in [0.15, 0.2) is 5.69 Å². The first-order valence-electron chi connectivity index (χ1n) is 8.79. The number of pyridine rings is 1. The zero-order valence-electron chi connectivity index (χ0n) is 15.4. The van der Waals surface area contributed by atoms with E-state index in [0.29, 0.717) is 12.1 Å². The highest BCUT2D eigenvalue weighted by Gasteiger charge is 2.22. The normalized spacial score (nSPS) is 10.8. The Labute approximate surface area is 157 Å². The van der Waals surface area contributed by atoms with Gasteiger partial charge in [0.2, 0.25) is 5.82 Å². The Balaban J connectivity index is 1.98. The van der Waals surface area contributed by atoms with Gasteiger partial charge in [-0.1, -0.05) is 44.2 Å². The maximum atomic E-state index is 12.9. The van der Waals surface area contributed by atoms with Crippen molar-refractivity contribution in [1.29, 1.82) is 0 Å². The number of nitrogens with one attached hydrogen (secondary N) is 2. The quantitative estimate of drug-likeness (QED) is 0.658. The van der Waals surface area contributed by atoms with Gasteiger partial charge in [-0.05, 0) is 29.7 Å². The van der Waals surface area contributed by atoms with Gasteiger partial charge < -0.3 is 10.6 Å². The summed E-state index contributed by atoms with van der Waals surface area (Å²) in [6.07, 6.45) is 3.30. The molecule has 138 valence electrons. The van der Waals surface area contributed by atoms with E-state index in [2.05, 4.69) is 36.0 Å². The lowest BCUT2D eigenvalue weighted by Gasteiger charge is -2.13. The number of carbonyl (C=O) groups excluding carboxylic acids is 2. The van der Waals surface area contributed by atoms with E-state index in [9.17, 15) is 9.59 Å². The van der Waals surface area contributed by atoms with Crippen molar-refractivity contribution in [2.24, 2.45) is 0 Å². The van der Waals surface area contributed by atoms with Crippen LogP contribution in [0.1, 0.15) is 46.4 Å². The summed E-state index contributed by atoms with van der Waals surface area (Å²) in [6, 6.07) is 13.0. The molecule has 0 radical (unpaired) electrons. The molecule has 0 fully saturated rings. The molecule has 3 rings (SSSR count). The van der Waals surface area contributed by atoms with Crippen molar-refractivity contribution < 1.29 is 9.59 Å². The first-order valence-corrected chi connectivity index (χ1v) is 8.79. The summed E-state index contributed by atoms with van der Waals surface area (Å²) < 4.78 is 1.61. The predicted molar refractivity (Wildman–Crippen MR) is 106 cm³/mol. The van der Waals surface area contributed by atoms with Crippen molar-refractivity contribution in [3.63, 3.8) is 0 Å². The number of fused-ring (bicyclic) bond motifs is 1. The number of amides is 2. The zero-order valence-corrected chi connectivity index (χ0v) is 15.4. The number of hydrogen-bond acceptors (Lipinski definition) is 3. The van der Waals surface area contributed by atoms with Gasteiger partial charge in [0, 0.05) is 18.4 Å². The summed E-state index contributed by atoms with van der Waals surface area (Å²) in [5, 5.41) is 5.63. The third-order valence-electron chi connectivity index (χ3n) is 4.20. The fourth-order valence-corrected chi connectivity index (χ4v) is 2.90. The molecule has 0 saturated heterocycles. The fourth-order valence-electron chi connectivity index (χ4n) is 2.90. The van der Waals surface area contributed by atoms with Crippen LogP contribution in [0.4, 0.5) is 5.69 Å². The monoisotopic (exact) mass is 362 g/mol. The lowest BCUT2D eigenvalue weighted by atomic mass is 10.0. The largest absolute Gasteiger partial charge is 0.346 e. The van der Waals surface area contributed by atoms with E-state index in [0.717, 1.165) is 11.3 Å². The Bertz CT molecular complexity index is 1000. The van der Waals surface area contributed by atoms with Crippen LogP contribution in [0.5, 0.6) is 0 Å². The maximum Gasteiger partial charge on any atom is 0.287 e. The molecule has 0 saturated carbocycles. The van der Waals surface area contributed by atoms with E-state index in [-0.39, 0.29) is 29.3 Å². The summed E-state index contributed by atoms with van der Waals surface area (Å²) in [5.41, 5.74) is 2.56. The van der Waals surface area contributed by atoms with E-state index in [1.807, 2.05) is 24.3 Å². The molecular weight excluding hydrogens is 340 g/mol. The summed E-state index contributed by atoms with van der Waals surface area (Å²) in [7, 11) is 0. The topological polar surface area (TPSA) is 75.5 Å². The molecule has 2 aromatic heterocycles. The maximum absolute atomic E-state index is 12.9. The Kier molecular flexibility index (Phi) is 5.35. The van der Waals surface area contributed by atoms with Gasteiger partial charge in [-0.2, -0.15) is 0 Å². The van der Waals surface area contributed by atoms with Gasteiger partial charge >= 0.3 is 0 Å². The molecule has 0 bridgehead atoms. The van der Waals surface area contributed by atoms with Gasteiger partial charge in [-0.15, -0.1) is 6.58 Å². The molecule has 2 heterocycles. The van der Waals surface area contributed by atoms with Crippen LogP contribution in [0, 0.1) is 0 Å². The van der Waals surface area contributed by atoms with Crippen molar-refractivity contribution in [3.8, 4) is 0 Å². The van der Waals surface area contributed by atoms with Gasteiger partial charge in [-0.3, -0.25) is 14.0 Å². The second-order valence-corrected chi connectivity index (χ2v) is 6.43. The first-order chi connectivity index (χ1) is 13.0. The Morgan fingerprint density at radius 1 is 1.15 bits per heavy atom. The molecule has 0 spiro atoms. The number of aromatic nitrogens is 2. The van der Waals surface area contributed by atoms with Crippen LogP contribution in [-0.4, -0.2) is 27.7 Å². The third kappa shape index (κ3) is 3.74. The molecule has 1 aromatic carbocycles. The number of imidazole rings is 1. The standard InChI is InChI=1S/C21H22N4O2/c1-4-12-22-21(27)19-24-18(17-11-7-8-13-25(17)19)20(26)23-16-10-6-5-9-15(16)14(2)3/h4-11,13-14H,1,12H2,2-3H3,(H,22,27)(H,23,26). The number of benzene rings is 1. The molecule has 27 heavy (non-hydrogen) atoms. The molecule has 2 N–H and O–H groups in total. The van der Waals surface area contributed by atoms with Crippen LogP contribution < -0.4 is 10.6 Å². The average molecular weight is 362 g/mol. The molecular formula is C21H22N4O2. The van der Waals surface area contributed by atoms with E-state index in [4.69, 9.17) is 0 Å². The van der Waals surface area contributed by atoms with Crippen LogP contribution >= 0.6 is 0 Å². The molecule has 0 aliphatic carbocycles. The second-order valence-electron chi connectivity index (χ2n) is 6.43. The number of hydrogen-bond donors (Lipinski definition) is 2. The lowest BCUT2D eigenvalue weighted by molar-refractivity contribution is 0.0947. The van der Waals surface area contributed by atoms with Gasteiger partial charge in [0.1, 0.15) is 0 Å². The number of anilines is 1. The third-order valence-corrected chi connectivity index (χ3v) is 4.20. The minimum Gasteiger partial charge on any atom is -0.346 e. The van der Waals surface area contributed by atoms with Crippen LogP contribution in [0.3, 0.4) is 0 Å². The Hall–Kier alpha value is -3.41. The second kappa shape index (κ2) is 7.86. The van der Waals surface area contributed by atoms with Crippen molar-refractivity contribution in [2.75, 3.05) is 11.9 Å². The lowest BCUT2D eigenvalue weighted by Crippen LogP contribution is -2.25. The van der Waals surface area contributed by atoms with Gasteiger partial charge in [-0.25, -0.2) is 4.98 Å². The Morgan fingerprint density at radius 2 is 1.89 bits per heavy atom. The van der Waals surface area contributed by atoms with Crippen LogP contribution in [-0.2, 0) is 0 Å². The van der Waals surface area contributed by atoms with Crippen LogP contribution in [0.25, 0.3) is 5.52 Å². The highest BCUT2D eigenvalue weighted by molar-refractivity contribution is 6.09. The smallest absolute Gasteiger partial charge is 0.287 e. The SMILES string of the molecule is C=CCNC(=O)c1nc(C(=O)Nc2ccccc2C(C)C)c2ccccn12. The minimum atomic E-state index is -0.363. The van der Waals surface area contributed by atoms with E-state index >= 15 is 0 Å². The minimum absolute atomic E-state index is 0.162. The van der Waals surface area contributed by atoms with Crippen molar-refractivity contribution in [1.82, 2.24) is 14.7 Å². The highest BCUT2D eigenvalue weighted by Crippen LogP contribution is 2.24. The number of carbonyl (C=O) groups is 2. The van der Waals surface area contributed by atoms with E-state index < -0.39 is 0 Å². The molecule has 6 nitrogen and oxygen atoms in total. The van der Waals surface area contributed by atoms with Crippen LogP contribution in [0.15, 0.2) is 61.3 Å². The number of rotatable bonds is 6. The molecule has 6 heteroatoms. The molecule has 0 aliphatic rings. The molecule has 0 unspecified atom stereocenters.